The molecule has 0 amide bonds. The van der Waals surface area contributed by atoms with Crippen LogP contribution in [0.25, 0.3) is 0 Å². The van der Waals surface area contributed by atoms with Crippen LogP contribution in [0.3, 0.4) is 0 Å². The maximum absolute atomic E-state index is 9.87. The average molecular weight is 394 g/mol. The number of carboxylic acid groups (broad SMARTS) is 1. The summed E-state index contributed by atoms with van der Waals surface area (Å²) < 4.78 is 0. The van der Waals surface area contributed by atoms with Gasteiger partial charge in [0.05, 0.1) is 0 Å². The van der Waals surface area contributed by atoms with Crippen molar-refractivity contribution in [1.29, 1.82) is 0 Å². The van der Waals surface area contributed by atoms with Crippen molar-refractivity contribution in [3.05, 3.63) is 0 Å². The predicted octanol–water partition coefficient (Wildman–Crippen LogP) is 0.465. The summed E-state index contributed by atoms with van der Waals surface area (Å²) in [5.74, 6) is -0.682. The number of aliphatic carboxylic acids is 1. The third-order valence-corrected chi connectivity index (χ3v) is 0.994. The molecule has 58 valence electrons. The predicted molar refractivity (Wildman–Crippen MR) is 41.7 cm³/mol. The second-order valence-electron chi connectivity index (χ2n) is 1.85. The molecule has 0 heterocycles. The molecule has 10 heavy (non-hydrogen) atoms. The van der Waals surface area contributed by atoms with Crippen LogP contribution in [-0.2, 0) is 24.3 Å². The van der Waals surface area contributed by atoms with Gasteiger partial charge in [-0.1, -0.05) is 19.8 Å². The maximum atomic E-state index is 9.87. The molecule has 0 aliphatic carbocycles. The van der Waals surface area contributed by atoms with E-state index < -0.39 is 5.97 Å². The van der Waals surface area contributed by atoms with Gasteiger partial charge in [-0.2, -0.15) is 0 Å². The van der Waals surface area contributed by atoms with E-state index in [0.29, 0.717) is 6.42 Å². The van der Waals surface area contributed by atoms with E-state index >= 15 is 0 Å². The molecular formula is C6H15BiO2Zn. The van der Waals surface area contributed by atoms with Crippen molar-refractivity contribution in [1.82, 2.24) is 0 Å². The second kappa shape index (κ2) is 12.6. The minimum Gasteiger partial charge on any atom is 0 e. The summed E-state index contributed by atoms with van der Waals surface area (Å²) in [6, 6.07) is 0. The summed E-state index contributed by atoms with van der Waals surface area (Å²) >= 11 is 0. The third-order valence-electron chi connectivity index (χ3n) is 0.994. The molecule has 0 spiro atoms. The van der Waals surface area contributed by atoms with Crippen molar-refractivity contribution in [3.63, 3.8) is 0 Å². The van der Waals surface area contributed by atoms with Gasteiger partial charge in [-0.3, -0.25) is 4.79 Å². The molecular weight excluding hydrogens is 378 g/mol. The van der Waals surface area contributed by atoms with Crippen molar-refractivity contribution >= 4 is 32.2 Å². The Morgan fingerprint density at radius 3 is 2.20 bits per heavy atom. The van der Waals surface area contributed by atoms with Crippen molar-refractivity contribution in [2.75, 3.05) is 0 Å². The second-order valence-corrected chi connectivity index (χ2v) is 1.85. The Bertz CT molecular complexity index is 78.1. The molecule has 0 fully saturated rings. The first-order valence-electron chi connectivity index (χ1n) is 2.99. The van der Waals surface area contributed by atoms with E-state index in [9.17, 15) is 4.79 Å². The summed E-state index contributed by atoms with van der Waals surface area (Å²) in [5.41, 5.74) is 0. The monoisotopic (exact) mass is 392 g/mol. The van der Waals surface area contributed by atoms with Gasteiger partial charge in [0, 0.05) is 25.9 Å². The third kappa shape index (κ3) is 16.0. The SMILES string of the molecule is CCCCCC(=O)O.[BiH3].[Zn]. The Hall–Kier alpha value is 0.976. The van der Waals surface area contributed by atoms with Gasteiger partial charge < -0.3 is 5.11 Å². The van der Waals surface area contributed by atoms with Crippen LogP contribution in [-0.4, -0.2) is 37.3 Å². The fraction of sp³-hybridized carbons (Fsp3) is 0.833. The average Bonchev–Trinajstić information content (AvgIpc) is 1.66. The molecule has 0 atom stereocenters. The van der Waals surface area contributed by atoms with Crippen molar-refractivity contribution in [3.8, 4) is 0 Å². The van der Waals surface area contributed by atoms with Crippen molar-refractivity contribution in [2.45, 2.75) is 32.6 Å². The first-order chi connectivity index (χ1) is 3.77. The fourth-order valence-corrected chi connectivity index (χ4v) is 0.526. The molecule has 0 aromatic heterocycles. The summed E-state index contributed by atoms with van der Waals surface area (Å²) in [6.45, 7) is 2.06. The summed E-state index contributed by atoms with van der Waals surface area (Å²) in [7, 11) is 0. The number of hydrogen-bond donors (Lipinski definition) is 1. The maximum Gasteiger partial charge on any atom is 0 e. The Labute approximate surface area is 93.7 Å². The van der Waals surface area contributed by atoms with Crippen LogP contribution in [0.4, 0.5) is 0 Å². The molecule has 0 rings (SSSR count). The van der Waals surface area contributed by atoms with Crippen LogP contribution >= 0.6 is 0 Å². The molecule has 0 aliphatic rings. The Morgan fingerprint density at radius 1 is 1.40 bits per heavy atom. The summed E-state index contributed by atoms with van der Waals surface area (Å²) in [4.78, 5) is 9.87. The number of carbonyl (C=O) groups is 1. The van der Waals surface area contributed by atoms with Crippen LogP contribution in [0.15, 0.2) is 0 Å². The van der Waals surface area contributed by atoms with Crippen LogP contribution in [0.1, 0.15) is 32.6 Å². The zero-order valence-electron chi connectivity index (χ0n) is 6.60. The molecule has 0 aromatic carbocycles. The summed E-state index contributed by atoms with van der Waals surface area (Å²) in [6.07, 6.45) is 3.28. The molecule has 0 bridgehead atoms. The minimum absolute atomic E-state index is 0. The summed E-state index contributed by atoms with van der Waals surface area (Å²) in [5, 5.41) is 8.14. The number of unbranched alkanes of at least 4 members (excludes halogenated alkanes) is 2. The first kappa shape index (κ1) is 17.2. The smallest absolute Gasteiger partial charge is 0 e. The molecule has 0 radical (unpaired) electrons. The van der Waals surface area contributed by atoms with E-state index in [-0.39, 0.29) is 45.7 Å². The standard InChI is InChI=1S/C6H12O2.Bi.Zn.3H/c1-2-3-4-5-6(7)8;;;;;/h2-5H2,1H3,(H,7,8);;;;;. The number of rotatable bonds is 4. The van der Waals surface area contributed by atoms with Gasteiger partial charge in [0.15, 0.2) is 0 Å². The van der Waals surface area contributed by atoms with E-state index in [1.165, 1.54) is 0 Å². The van der Waals surface area contributed by atoms with E-state index in [1.54, 1.807) is 0 Å². The molecule has 4 heteroatoms. The van der Waals surface area contributed by atoms with Crippen LogP contribution < -0.4 is 0 Å². The number of hydrogen-bond acceptors (Lipinski definition) is 1. The normalized spacial score (nSPS) is 7.30. The molecule has 0 saturated carbocycles. The Morgan fingerprint density at radius 2 is 1.90 bits per heavy atom. The topological polar surface area (TPSA) is 37.3 Å². The van der Waals surface area contributed by atoms with Gasteiger partial charge in [-0.25, -0.2) is 0 Å². The van der Waals surface area contributed by atoms with Gasteiger partial charge in [-0.05, 0) is 6.42 Å². The van der Waals surface area contributed by atoms with Crippen molar-refractivity contribution in [2.24, 2.45) is 0 Å². The molecule has 0 aromatic rings. The molecule has 0 aliphatic heterocycles. The van der Waals surface area contributed by atoms with Gasteiger partial charge in [0.1, 0.15) is 0 Å². The van der Waals surface area contributed by atoms with Crippen LogP contribution in [0, 0.1) is 0 Å². The number of carboxylic acids is 1. The Kier molecular flexibility index (Phi) is 21.7. The minimum atomic E-state index is -0.682. The molecule has 0 saturated heterocycles. The van der Waals surface area contributed by atoms with Gasteiger partial charge in [-0.15, -0.1) is 0 Å². The van der Waals surface area contributed by atoms with E-state index in [2.05, 4.69) is 6.92 Å². The van der Waals surface area contributed by atoms with Gasteiger partial charge in [0.25, 0.3) is 0 Å². The van der Waals surface area contributed by atoms with E-state index in [0.717, 1.165) is 19.3 Å². The zero-order valence-corrected chi connectivity index (χ0v) is 15.1. The van der Waals surface area contributed by atoms with E-state index in [4.69, 9.17) is 5.11 Å². The zero-order chi connectivity index (χ0) is 6.41. The largest absolute Gasteiger partial charge is 0 e. The van der Waals surface area contributed by atoms with Gasteiger partial charge >= 0.3 is 32.2 Å². The molecule has 1 N–H and O–H groups in total. The van der Waals surface area contributed by atoms with Crippen molar-refractivity contribution < 1.29 is 29.4 Å². The first-order valence-corrected chi connectivity index (χ1v) is 2.99. The van der Waals surface area contributed by atoms with Crippen LogP contribution in [0.2, 0.25) is 0 Å². The molecule has 0 unspecified atom stereocenters. The van der Waals surface area contributed by atoms with Gasteiger partial charge in [0.2, 0.25) is 0 Å². The van der Waals surface area contributed by atoms with E-state index in [1.807, 2.05) is 0 Å². The van der Waals surface area contributed by atoms with Crippen LogP contribution in [0.5, 0.6) is 0 Å². The molecule has 2 nitrogen and oxygen atoms in total. The quantitative estimate of drug-likeness (QED) is 0.557. The fourth-order valence-electron chi connectivity index (χ4n) is 0.526. The Balaban J connectivity index is -0.000000245.